The second-order valence-corrected chi connectivity index (χ2v) is 13.2. The Labute approximate surface area is 275 Å². The number of hydrogen-bond donors (Lipinski definition) is 0. The Kier molecular flexibility index (Phi) is 5.78. The number of furan rings is 1. The van der Waals surface area contributed by atoms with E-state index in [4.69, 9.17) is 4.42 Å². The van der Waals surface area contributed by atoms with Crippen LogP contribution in [0.5, 0.6) is 0 Å². The molecule has 10 aromatic rings. The fourth-order valence-corrected chi connectivity index (χ4v) is 8.46. The first-order valence-electron chi connectivity index (χ1n) is 15.9. The lowest BCUT2D eigenvalue weighted by Crippen LogP contribution is -2.10. The summed E-state index contributed by atoms with van der Waals surface area (Å²) in [4.78, 5) is 2.43. The molecule has 0 saturated carbocycles. The summed E-state index contributed by atoms with van der Waals surface area (Å²) in [6, 6.07) is 59.0. The van der Waals surface area contributed by atoms with E-state index in [0.717, 1.165) is 27.9 Å². The molecule has 10 rings (SSSR count). The van der Waals surface area contributed by atoms with Gasteiger partial charge in [-0.1, -0.05) is 115 Å². The molecule has 0 aliphatic rings. The number of fused-ring (bicyclic) bond motifs is 10. The quantitative estimate of drug-likeness (QED) is 0.183. The maximum Gasteiger partial charge on any atom is 0.136 e. The molecule has 0 atom stereocenters. The molecular weight excluding hydrogens is 591 g/mol. The lowest BCUT2D eigenvalue weighted by atomic mass is 9.96. The van der Waals surface area contributed by atoms with Gasteiger partial charge < -0.3 is 9.32 Å². The summed E-state index contributed by atoms with van der Waals surface area (Å²) in [5.74, 6) is 0. The average Bonchev–Trinajstić information content (AvgIpc) is 3.71. The SMILES string of the molecule is c1ccc(-c2ccc(N(c3ccc4ccc5ccc6oc7ccccc7c6c5c4c3)c3cccc4c3sc3ccccc34)cc2)cc1. The van der Waals surface area contributed by atoms with Crippen LogP contribution in [0.2, 0.25) is 0 Å². The van der Waals surface area contributed by atoms with Gasteiger partial charge in [0.1, 0.15) is 11.2 Å². The number of anilines is 3. The van der Waals surface area contributed by atoms with E-state index in [2.05, 4.69) is 163 Å². The summed E-state index contributed by atoms with van der Waals surface area (Å²) in [6.07, 6.45) is 0. The van der Waals surface area contributed by atoms with Gasteiger partial charge >= 0.3 is 0 Å². The Hall–Kier alpha value is -5.90. The number of rotatable bonds is 4. The Bertz CT molecular complexity index is 2790. The zero-order chi connectivity index (χ0) is 30.9. The number of benzene rings is 8. The van der Waals surface area contributed by atoms with Crippen LogP contribution in [0.3, 0.4) is 0 Å². The third-order valence-corrected chi connectivity index (χ3v) is 10.6. The average molecular weight is 618 g/mol. The van der Waals surface area contributed by atoms with Crippen molar-refractivity contribution in [3.05, 3.63) is 164 Å². The van der Waals surface area contributed by atoms with Crippen LogP contribution in [-0.4, -0.2) is 0 Å². The maximum absolute atomic E-state index is 6.34. The lowest BCUT2D eigenvalue weighted by molar-refractivity contribution is 0.669. The second-order valence-electron chi connectivity index (χ2n) is 12.1. The van der Waals surface area contributed by atoms with Crippen molar-refractivity contribution in [1.82, 2.24) is 0 Å². The monoisotopic (exact) mass is 617 g/mol. The smallest absolute Gasteiger partial charge is 0.136 e. The molecule has 0 spiro atoms. The number of hydrogen-bond acceptors (Lipinski definition) is 3. The molecule has 47 heavy (non-hydrogen) atoms. The lowest BCUT2D eigenvalue weighted by Gasteiger charge is -2.27. The highest BCUT2D eigenvalue weighted by molar-refractivity contribution is 7.26. The maximum atomic E-state index is 6.34. The van der Waals surface area contributed by atoms with Crippen molar-refractivity contribution in [2.75, 3.05) is 4.90 Å². The molecule has 2 heterocycles. The van der Waals surface area contributed by atoms with Gasteiger partial charge in [-0.15, -0.1) is 11.3 Å². The van der Waals surface area contributed by atoms with Gasteiger partial charge in [0.15, 0.2) is 0 Å². The first kappa shape index (κ1) is 26.3. The Morgan fingerprint density at radius 2 is 1.11 bits per heavy atom. The van der Waals surface area contributed by atoms with Gasteiger partial charge in [0, 0.05) is 43.0 Å². The van der Waals surface area contributed by atoms with Crippen LogP contribution in [0.1, 0.15) is 0 Å². The van der Waals surface area contributed by atoms with Crippen LogP contribution in [0.15, 0.2) is 168 Å². The predicted octanol–water partition coefficient (Wildman–Crippen LogP) is 13.4. The highest BCUT2D eigenvalue weighted by Crippen LogP contribution is 2.46. The van der Waals surface area contributed by atoms with Crippen molar-refractivity contribution in [1.29, 1.82) is 0 Å². The van der Waals surface area contributed by atoms with E-state index in [1.54, 1.807) is 0 Å². The summed E-state index contributed by atoms with van der Waals surface area (Å²) in [5, 5.41) is 9.76. The van der Waals surface area contributed by atoms with Crippen molar-refractivity contribution >= 4 is 92.1 Å². The van der Waals surface area contributed by atoms with Crippen LogP contribution in [0, 0.1) is 0 Å². The number of nitrogens with zero attached hydrogens (tertiary/aromatic N) is 1. The summed E-state index contributed by atoms with van der Waals surface area (Å²) in [5.41, 5.74) is 7.66. The van der Waals surface area contributed by atoms with Crippen molar-refractivity contribution in [3.63, 3.8) is 0 Å². The van der Waals surface area contributed by atoms with Crippen molar-refractivity contribution in [3.8, 4) is 11.1 Å². The molecule has 0 aliphatic heterocycles. The van der Waals surface area contributed by atoms with Crippen molar-refractivity contribution in [2.24, 2.45) is 0 Å². The van der Waals surface area contributed by atoms with Crippen molar-refractivity contribution < 1.29 is 4.42 Å². The number of para-hydroxylation sites is 1. The standard InChI is InChI=1S/C44H27NOS/c1-2-9-28(10-3-1)29-19-23-32(24-20-29)45(38-14-8-13-35-34-11-5-7-16-41(34)47-44(35)38)33-25-21-30-17-18-31-22-26-40-43(42(31)37(30)27-33)36-12-4-6-15-39(36)46-40/h1-27H. The highest BCUT2D eigenvalue weighted by atomic mass is 32.1. The molecule has 0 fully saturated rings. The van der Waals surface area contributed by atoms with E-state index >= 15 is 0 Å². The Morgan fingerprint density at radius 1 is 0.426 bits per heavy atom. The van der Waals surface area contributed by atoms with E-state index in [1.165, 1.54) is 63.9 Å². The van der Waals surface area contributed by atoms with E-state index in [9.17, 15) is 0 Å². The Balaban J connectivity index is 1.26. The van der Waals surface area contributed by atoms with Gasteiger partial charge in [0.05, 0.1) is 10.4 Å². The van der Waals surface area contributed by atoms with E-state index < -0.39 is 0 Å². The first-order chi connectivity index (χ1) is 23.3. The molecule has 0 aliphatic carbocycles. The molecule has 0 amide bonds. The van der Waals surface area contributed by atoms with Gasteiger partial charge in [0.25, 0.3) is 0 Å². The number of thiophene rings is 1. The van der Waals surface area contributed by atoms with Crippen LogP contribution in [-0.2, 0) is 0 Å². The minimum atomic E-state index is 0.916. The van der Waals surface area contributed by atoms with Gasteiger partial charge in [-0.05, 0) is 75.8 Å². The largest absolute Gasteiger partial charge is 0.456 e. The fourth-order valence-electron chi connectivity index (χ4n) is 7.26. The summed E-state index contributed by atoms with van der Waals surface area (Å²) >= 11 is 1.86. The van der Waals surface area contributed by atoms with Crippen molar-refractivity contribution in [2.45, 2.75) is 0 Å². The van der Waals surface area contributed by atoms with Gasteiger partial charge in [-0.2, -0.15) is 0 Å². The van der Waals surface area contributed by atoms with Crippen LogP contribution >= 0.6 is 11.3 Å². The van der Waals surface area contributed by atoms with Crippen LogP contribution in [0.25, 0.3) is 74.8 Å². The van der Waals surface area contributed by atoms with Gasteiger partial charge in [0.2, 0.25) is 0 Å². The van der Waals surface area contributed by atoms with Crippen LogP contribution in [0.4, 0.5) is 17.1 Å². The molecule has 220 valence electrons. The summed E-state index contributed by atoms with van der Waals surface area (Å²) in [7, 11) is 0. The normalized spacial score (nSPS) is 11.8. The molecule has 3 heteroatoms. The van der Waals surface area contributed by atoms with Crippen LogP contribution < -0.4 is 4.90 Å². The molecular formula is C44H27NOS. The molecule has 2 nitrogen and oxygen atoms in total. The van der Waals surface area contributed by atoms with Gasteiger partial charge in [-0.3, -0.25) is 0 Å². The predicted molar refractivity (Wildman–Crippen MR) is 202 cm³/mol. The topological polar surface area (TPSA) is 16.4 Å². The van der Waals surface area contributed by atoms with E-state index in [1.807, 2.05) is 17.4 Å². The fraction of sp³-hybridized carbons (Fsp3) is 0. The summed E-state index contributed by atoms with van der Waals surface area (Å²) < 4.78 is 8.92. The van der Waals surface area contributed by atoms with E-state index in [-0.39, 0.29) is 0 Å². The molecule has 0 bridgehead atoms. The Morgan fingerprint density at radius 3 is 2.00 bits per heavy atom. The molecule has 0 radical (unpaired) electrons. The first-order valence-corrected chi connectivity index (χ1v) is 16.7. The van der Waals surface area contributed by atoms with E-state index in [0.29, 0.717) is 0 Å². The molecule has 0 N–H and O–H groups in total. The third kappa shape index (κ3) is 4.10. The zero-order valence-corrected chi connectivity index (χ0v) is 26.2. The molecule has 2 aromatic heterocycles. The molecule has 0 saturated heterocycles. The minimum Gasteiger partial charge on any atom is -0.456 e. The third-order valence-electron chi connectivity index (χ3n) is 9.44. The molecule has 8 aromatic carbocycles. The second kappa shape index (κ2) is 10.3. The summed E-state index contributed by atoms with van der Waals surface area (Å²) in [6.45, 7) is 0. The molecule has 0 unspecified atom stereocenters. The van der Waals surface area contributed by atoms with Gasteiger partial charge in [-0.25, -0.2) is 0 Å². The highest BCUT2D eigenvalue weighted by Gasteiger charge is 2.20. The minimum absolute atomic E-state index is 0.916. The zero-order valence-electron chi connectivity index (χ0n) is 25.4.